The van der Waals surface area contributed by atoms with E-state index < -0.39 is 0 Å². The van der Waals surface area contributed by atoms with Crippen molar-refractivity contribution in [2.24, 2.45) is 0 Å². The highest BCUT2D eigenvalue weighted by atomic mass is 16.5. The highest BCUT2D eigenvalue weighted by Gasteiger charge is 2.20. The average Bonchev–Trinajstić information content (AvgIpc) is 2.93. The van der Waals surface area contributed by atoms with Crippen molar-refractivity contribution in [2.75, 3.05) is 11.9 Å². The van der Waals surface area contributed by atoms with E-state index in [1.165, 1.54) is 5.56 Å². The Labute approximate surface area is 143 Å². The van der Waals surface area contributed by atoms with Crippen molar-refractivity contribution in [1.29, 1.82) is 0 Å². The molecule has 5 heteroatoms. The van der Waals surface area contributed by atoms with Crippen molar-refractivity contribution in [1.82, 2.24) is 5.16 Å². The molecule has 1 N–H and O–H groups in total. The van der Waals surface area contributed by atoms with Gasteiger partial charge in [-0.3, -0.25) is 4.79 Å². The van der Waals surface area contributed by atoms with Crippen LogP contribution >= 0.6 is 0 Å². The number of aromatic nitrogens is 1. The molecule has 0 unspecified atom stereocenters. The summed E-state index contributed by atoms with van der Waals surface area (Å²) in [5.74, 6) is 1.51. The van der Waals surface area contributed by atoms with Crippen LogP contribution in [0.2, 0.25) is 0 Å². The van der Waals surface area contributed by atoms with Crippen LogP contribution in [0, 0.1) is 0 Å². The maximum Gasteiger partial charge on any atom is 0.263 e. The SMILES string of the molecule is CC(C)(C)c1ccc(OCC(=O)Nc2cc(C(C)(C)C)on2)cc1. The molecule has 0 bridgehead atoms. The Morgan fingerprint density at radius 3 is 2.21 bits per heavy atom. The molecule has 2 rings (SSSR count). The fraction of sp³-hybridized carbons (Fsp3) is 0.474. The first-order valence-electron chi connectivity index (χ1n) is 8.06. The van der Waals surface area contributed by atoms with Gasteiger partial charge in [-0.2, -0.15) is 0 Å². The highest BCUT2D eigenvalue weighted by molar-refractivity contribution is 5.90. The molecule has 1 aromatic carbocycles. The molecule has 0 saturated carbocycles. The number of ether oxygens (including phenoxy) is 1. The second kappa shape index (κ2) is 6.67. The van der Waals surface area contributed by atoms with Crippen LogP contribution in [0.15, 0.2) is 34.9 Å². The Hall–Kier alpha value is -2.30. The van der Waals surface area contributed by atoms with E-state index in [-0.39, 0.29) is 23.3 Å². The van der Waals surface area contributed by atoms with Crippen molar-refractivity contribution >= 4 is 11.7 Å². The largest absolute Gasteiger partial charge is 0.484 e. The molecule has 0 fully saturated rings. The second-order valence-corrected chi connectivity index (χ2v) is 7.94. The molecule has 0 aliphatic heterocycles. The molecule has 0 atom stereocenters. The lowest BCUT2D eigenvalue weighted by Crippen LogP contribution is -2.20. The Balaban J connectivity index is 1.88. The van der Waals surface area contributed by atoms with Crippen LogP contribution in [-0.2, 0) is 15.6 Å². The van der Waals surface area contributed by atoms with Crippen LogP contribution in [0.5, 0.6) is 5.75 Å². The first-order valence-corrected chi connectivity index (χ1v) is 8.06. The summed E-state index contributed by atoms with van der Waals surface area (Å²) >= 11 is 0. The van der Waals surface area contributed by atoms with E-state index in [0.717, 1.165) is 5.76 Å². The summed E-state index contributed by atoms with van der Waals surface area (Å²) in [7, 11) is 0. The van der Waals surface area contributed by atoms with Crippen LogP contribution < -0.4 is 10.1 Å². The smallest absolute Gasteiger partial charge is 0.263 e. The van der Waals surface area contributed by atoms with Crippen molar-refractivity contribution < 1.29 is 14.1 Å². The monoisotopic (exact) mass is 330 g/mol. The molecule has 0 saturated heterocycles. The predicted molar refractivity (Wildman–Crippen MR) is 94.5 cm³/mol. The van der Waals surface area contributed by atoms with Gasteiger partial charge in [-0.05, 0) is 23.1 Å². The maximum atomic E-state index is 12.0. The Morgan fingerprint density at radius 2 is 1.71 bits per heavy atom. The van der Waals surface area contributed by atoms with Gasteiger partial charge < -0.3 is 14.6 Å². The van der Waals surface area contributed by atoms with Crippen molar-refractivity contribution in [2.45, 2.75) is 52.4 Å². The van der Waals surface area contributed by atoms with Crippen LogP contribution in [0.1, 0.15) is 52.9 Å². The Morgan fingerprint density at radius 1 is 1.08 bits per heavy atom. The van der Waals surface area contributed by atoms with Gasteiger partial charge in [-0.15, -0.1) is 0 Å². The number of hydrogen-bond acceptors (Lipinski definition) is 4. The summed E-state index contributed by atoms with van der Waals surface area (Å²) in [5, 5.41) is 6.53. The summed E-state index contributed by atoms with van der Waals surface area (Å²) in [5.41, 5.74) is 1.16. The molecule has 1 heterocycles. The van der Waals surface area contributed by atoms with E-state index in [1.807, 2.05) is 45.0 Å². The van der Waals surface area contributed by atoms with Crippen molar-refractivity contribution in [3.05, 3.63) is 41.7 Å². The van der Waals surface area contributed by atoms with Crippen LogP contribution in [-0.4, -0.2) is 17.7 Å². The predicted octanol–water partition coefficient (Wildman–Crippen LogP) is 4.29. The second-order valence-electron chi connectivity index (χ2n) is 7.94. The van der Waals surface area contributed by atoms with Gasteiger partial charge in [0.1, 0.15) is 11.5 Å². The number of rotatable bonds is 4. The summed E-state index contributed by atoms with van der Waals surface area (Å²) in [6.07, 6.45) is 0. The number of amides is 1. The van der Waals surface area contributed by atoms with Gasteiger partial charge >= 0.3 is 0 Å². The molecule has 24 heavy (non-hydrogen) atoms. The van der Waals surface area contributed by atoms with Gasteiger partial charge in [-0.1, -0.05) is 58.8 Å². The molecular formula is C19H26N2O3. The summed E-state index contributed by atoms with van der Waals surface area (Å²) in [6, 6.07) is 9.51. The van der Waals surface area contributed by atoms with Gasteiger partial charge in [0.15, 0.2) is 12.4 Å². The number of hydrogen-bond donors (Lipinski definition) is 1. The minimum atomic E-state index is -0.274. The fourth-order valence-electron chi connectivity index (χ4n) is 2.07. The van der Waals surface area contributed by atoms with Gasteiger partial charge in [0.05, 0.1) is 0 Å². The van der Waals surface area contributed by atoms with E-state index in [9.17, 15) is 4.79 Å². The minimum Gasteiger partial charge on any atom is -0.484 e. The number of nitrogens with zero attached hydrogens (tertiary/aromatic N) is 1. The summed E-state index contributed by atoms with van der Waals surface area (Å²) < 4.78 is 10.7. The lowest BCUT2D eigenvalue weighted by atomic mass is 9.87. The highest BCUT2D eigenvalue weighted by Crippen LogP contribution is 2.25. The minimum absolute atomic E-state index is 0.0768. The van der Waals surface area contributed by atoms with Crippen molar-refractivity contribution in [3.63, 3.8) is 0 Å². The van der Waals surface area contributed by atoms with Gasteiger partial charge in [0.2, 0.25) is 0 Å². The third-order valence-electron chi connectivity index (χ3n) is 3.61. The third kappa shape index (κ3) is 4.85. The fourth-order valence-corrected chi connectivity index (χ4v) is 2.07. The molecule has 130 valence electrons. The molecular weight excluding hydrogens is 304 g/mol. The molecule has 0 radical (unpaired) electrons. The molecule has 5 nitrogen and oxygen atoms in total. The third-order valence-corrected chi connectivity index (χ3v) is 3.61. The van der Waals surface area contributed by atoms with Gasteiger partial charge in [0.25, 0.3) is 5.91 Å². The normalized spacial score (nSPS) is 12.1. The number of carbonyl (C=O) groups is 1. The van der Waals surface area contributed by atoms with Crippen LogP contribution in [0.25, 0.3) is 0 Å². The van der Waals surface area contributed by atoms with Crippen LogP contribution in [0.3, 0.4) is 0 Å². The molecule has 1 aromatic heterocycles. The maximum absolute atomic E-state index is 12.0. The van der Waals surface area contributed by atoms with E-state index in [4.69, 9.17) is 9.26 Å². The standard InChI is InChI=1S/C19H26N2O3/c1-18(2,3)13-7-9-14(10-8-13)23-12-17(22)20-16-11-15(24-21-16)19(4,5)6/h7-11H,12H2,1-6H3,(H,20,21,22). The zero-order valence-electron chi connectivity index (χ0n) is 15.3. The average molecular weight is 330 g/mol. The van der Waals surface area contributed by atoms with E-state index in [0.29, 0.717) is 11.6 Å². The first kappa shape index (κ1) is 18.0. The molecule has 2 aromatic rings. The first-order chi connectivity index (χ1) is 11.1. The quantitative estimate of drug-likeness (QED) is 0.908. The zero-order valence-corrected chi connectivity index (χ0v) is 15.3. The molecule has 1 amide bonds. The van der Waals surface area contributed by atoms with Crippen molar-refractivity contribution in [3.8, 4) is 5.75 Å². The number of carbonyl (C=O) groups excluding carboxylic acids is 1. The molecule has 0 spiro atoms. The number of anilines is 1. The molecule has 0 aliphatic rings. The Kier molecular flexibility index (Phi) is 5.02. The topological polar surface area (TPSA) is 64.4 Å². The zero-order chi connectivity index (χ0) is 18.0. The van der Waals surface area contributed by atoms with E-state index in [2.05, 4.69) is 31.2 Å². The lowest BCUT2D eigenvalue weighted by Gasteiger charge is -2.19. The van der Waals surface area contributed by atoms with Gasteiger partial charge in [0, 0.05) is 11.5 Å². The molecule has 0 aliphatic carbocycles. The number of benzene rings is 1. The lowest BCUT2D eigenvalue weighted by molar-refractivity contribution is -0.118. The number of nitrogens with one attached hydrogen (secondary N) is 1. The van der Waals surface area contributed by atoms with Gasteiger partial charge in [-0.25, -0.2) is 0 Å². The Bertz CT molecular complexity index is 689. The summed E-state index contributed by atoms with van der Waals surface area (Å²) in [6.45, 7) is 12.4. The van der Waals surface area contributed by atoms with E-state index in [1.54, 1.807) is 6.07 Å². The summed E-state index contributed by atoms with van der Waals surface area (Å²) in [4.78, 5) is 12.0. The van der Waals surface area contributed by atoms with E-state index >= 15 is 0 Å². The van der Waals surface area contributed by atoms with Crippen LogP contribution in [0.4, 0.5) is 5.82 Å².